The summed E-state index contributed by atoms with van der Waals surface area (Å²) in [5.74, 6) is -0.324. The second-order valence-corrected chi connectivity index (χ2v) is 3.02. The fraction of sp³-hybridized carbons (Fsp3) is 1.00. The van der Waals surface area contributed by atoms with Crippen LogP contribution >= 0.6 is 0 Å². The fourth-order valence-electron chi connectivity index (χ4n) is 1.20. The van der Waals surface area contributed by atoms with Crippen molar-refractivity contribution in [3.05, 3.63) is 0 Å². The molecule has 0 saturated heterocycles. The summed E-state index contributed by atoms with van der Waals surface area (Å²) in [6, 6.07) is 0. The summed E-state index contributed by atoms with van der Waals surface area (Å²) < 4.78 is 11.1. The van der Waals surface area contributed by atoms with Crippen molar-refractivity contribution in [2.45, 2.75) is 52.2 Å². The van der Waals surface area contributed by atoms with E-state index in [1.807, 2.05) is 0 Å². The van der Waals surface area contributed by atoms with Crippen LogP contribution in [0.15, 0.2) is 0 Å². The molecule has 0 N–H and O–H groups in total. The first kappa shape index (κ1) is 11.9. The topological polar surface area (TPSA) is 18.5 Å². The minimum Gasteiger partial charge on any atom is -0.353 e. The van der Waals surface area contributed by atoms with Gasteiger partial charge in [0.05, 0.1) is 6.61 Å². The molecular weight excluding hydrogens is 152 g/mol. The van der Waals surface area contributed by atoms with Crippen LogP contribution in [0.5, 0.6) is 0 Å². The van der Waals surface area contributed by atoms with E-state index in [9.17, 15) is 0 Å². The van der Waals surface area contributed by atoms with Crippen molar-refractivity contribution in [1.29, 1.82) is 0 Å². The number of hydrogen-bond acceptors (Lipinski definition) is 2. The molecule has 0 aliphatic rings. The van der Waals surface area contributed by atoms with Gasteiger partial charge in [-0.25, -0.2) is 0 Å². The molecule has 0 bridgehead atoms. The largest absolute Gasteiger partial charge is 0.353 e. The lowest BCUT2D eigenvalue weighted by Crippen LogP contribution is -2.33. The molecule has 0 saturated carbocycles. The summed E-state index contributed by atoms with van der Waals surface area (Å²) in [4.78, 5) is 0. The van der Waals surface area contributed by atoms with E-state index in [1.54, 1.807) is 7.11 Å². The van der Waals surface area contributed by atoms with Crippen LogP contribution in [0.25, 0.3) is 0 Å². The van der Waals surface area contributed by atoms with E-state index < -0.39 is 0 Å². The summed E-state index contributed by atoms with van der Waals surface area (Å²) in [6.07, 6.45) is 4.13. The van der Waals surface area contributed by atoms with Gasteiger partial charge in [0.15, 0.2) is 5.79 Å². The highest BCUT2D eigenvalue weighted by Crippen LogP contribution is 2.21. The highest BCUT2D eigenvalue weighted by Gasteiger charge is 2.25. The zero-order valence-electron chi connectivity index (χ0n) is 8.85. The molecule has 74 valence electrons. The molecule has 0 aromatic rings. The van der Waals surface area contributed by atoms with E-state index in [0.29, 0.717) is 0 Å². The SMILES string of the molecule is CCCCOC(CC)(CC)OC. The zero-order chi connectivity index (χ0) is 9.45. The molecule has 0 radical (unpaired) electrons. The van der Waals surface area contributed by atoms with Crippen LogP contribution < -0.4 is 0 Å². The molecule has 0 aromatic heterocycles. The van der Waals surface area contributed by atoms with Crippen molar-refractivity contribution >= 4 is 0 Å². The molecule has 0 aliphatic heterocycles. The van der Waals surface area contributed by atoms with Crippen molar-refractivity contribution in [1.82, 2.24) is 0 Å². The lowest BCUT2D eigenvalue weighted by atomic mass is 10.1. The number of hydrogen-bond donors (Lipinski definition) is 0. The van der Waals surface area contributed by atoms with Crippen LogP contribution in [-0.2, 0) is 9.47 Å². The second kappa shape index (κ2) is 6.44. The quantitative estimate of drug-likeness (QED) is 0.436. The molecular formula is C10H22O2. The van der Waals surface area contributed by atoms with Gasteiger partial charge in [-0.1, -0.05) is 27.2 Å². The average Bonchev–Trinajstić information content (AvgIpc) is 2.14. The first-order chi connectivity index (χ1) is 5.74. The molecule has 0 spiro atoms. The molecule has 0 rings (SSSR count). The average molecular weight is 174 g/mol. The summed E-state index contributed by atoms with van der Waals surface area (Å²) >= 11 is 0. The van der Waals surface area contributed by atoms with Gasteiger partial charge in [0, 0.05) is 7.11 Å². The predicted molar refractivity (Wildman–Crippen MR) is 51.2 cm³/mol. The zero-order valence-corrected chi connectivity index (χ0v) is 8.85. The Balaban J connectivity index is 3.76. The van der Waals surface area contributed by atoms with Gasteiger partial charge in [-0.05, 0) is 19.3 Å². The standard InChI is InChI=1S/C10H22O2/c1-5-8-9-12-10(6-2,7-3)11-4/h5-9H2,1-4H3. The molecule has 0 atom stereocenters. The van der Waals surface area contributed by atoms with Gasteiger partial charge in [-0.2, -0.15) is 0 Å². The third-order valence-corrected chi connectivity index (χ3v) is 2.31. The summed E-state index contributed by atoms with van der Waals surface area (Å²) in [5, 5.41) is 0. The van der Waals surface area contributed by atoms with E-state index in [4.69, 9.17) is 9.47 Å². The Morgan fingerprint density at radius 1 is 1.08 bits per heavy atom. The number of unbranched alkanes of at least 4 members (excludes halogenated alkanes) is 1. The van der Waals surface area contributed by atoms with Gasteiger partial charge < -0.3 is 9.47 Å². The maximum atomic E-state index is 5.70. The van der Waals surface area contributed by atoms with E-state index in [-0.39, 0.29) is 5.79 Å². The number of rotatable bonds is 7. The minimum atomic E-state index is -0.324. The van der Waals surface area contributed by atoms with Gasteiger partial charge in [0.2, 0.25) is 0 Å². The molecule has 0 aromatic carbocycles. The van der Waals surface area contributed by atoms with Gasteiger partial charge in [-0.15, -0.1) is 0 Å². The van der Waals surface area contributed by atoms with E-state index in [1.165, 1.54) is 6.42 Å². The summed E-state index contributed by atoms with van der Waals surface area (Å²) in [5.41, 5.74) is 0. The van der Waals surface area contributed by atoms with Gasteiger partial charge in [0.25, 0.3) is 0 Å². The number of ether oxygens (including phenoxy) is 2. The molecule has 0 amide bonds. The molecule has 2 nitrogen and oxygen atoms in total. The van der Waals surface area contributed by atoms with Crippen LogP contribution in [0.3, 0.4) is 0 Å². The lowest BCUT2D eigenvalue weighted by molar-refractivity contribution is -0.226. The van der Waals surface area contributed by atoms with Crippen molar-refractivity contribution < 1.29 is 9.47 Å². The number of methoxy groups -OCH3 is 1. The Bertz CT molecular complexity index is 89.7. The Morgan fingerprint density at radius 3 is 2.00 bits per heavy atom. The molecule has 0 fully saturated rings. The van der Waals surface area contributed by atoms with Crippen LogP contribution in [0.1, 0.15) is 46.5 Å². The minimum absolute atomic E-state index is 0.324. The molecule has 12 heavy (non-hydrogen) atoms. The van der Waals surface area contributed by atoms with Crippen molar-refractivity contribution in [3.8, 4) is 0 Å². The highest BCUT2D eigenvalue weighted by molar-refractivity contribution is 4.64. The van der Waals surface area contributed by atoms with Crippen LogP contribution in [0.2, 0.25) is 0 Å². The predicted octanol–water partition coefficient (Wildman–Crippen LogP) is 2.97. The van der Waals surface area contributed by atoms with Crippen molar-refractivity contribution in [2.24, 2.45) is 0 Å². The Kier molecular flexibility index (Phi) is 6.39. The monoisotopic (exact) mass is 174 g/mol. The first-order valence-electron chi connectivity index (χ1n) is 4.93. The third-order valence-electron chi connectivity index (χ3n) is 2.31. The Labute approximate surface area is 76.3 Å². The smallest absolute Gasteiger partial charge is 0.167 e. The lowest BCUT2D eigenvalue weighted by Gasteiger charge is -2.30. The second-order valence-electron chi connectivity index (χ2n) is 3.02. The normalized spacial score (nSPS) is 12.0. The van der Waals surface area contributed by atoms with Gasteiger partial charge >= 0.3 is 0 Å². The van der Waals surface area contributed by atoms with Crippen molar-refractivity contribution in [2.75, 3.05) is 13.7 Å². The maximum Gasteiger partial charge on any atom is 0.167 e. The van der Waals surface area contributed by atoms with Crippen LogP contribution in [-0.4, -0.2) is 19.5 Å². The Morgan fingerprint density at radius 2 is 1.67 bits per heavy atom. The van der Waals surface area contributed by atoms with Gasteiger partial charge in [-0.3, -0.25) is 0 Å². The summed E-state index contributed by atoms with van der Waals surface area (Å²) in [6.45, 7) is 7.17. The van der Waals surface area contributed by atoms with Gasteiger partial charge in [0.1, 0.15) is 0 Å². The Hall–Kier alpha value is -0.0800. The van der Waals surface area contributed by atoms with Crippen LogP contribution in [0.4, 0.5) is 0 Å². The molecule has 2 heteroatoms. The molecule has 0 unspecified atom stereocenters. The van der Waals surface area contributed by atoms with E-state index in [0.717, 1.165) is 25.9 Å². The van der Waals surface area contributed by atoms with E-state index in [2.05, 4.69) is 20.8 Å². The van der Waals surface area contributed by atoms with E-state index >= 15 is 0 Å². The third kappa shape index (κ3) is 3.55. The molecule has 0 aliphatic carbocycles. The van der Waals surface area contributed by atoms with Crippen LogP contribution in [0, 0.1) is 0 Å². The maximum absolute atomic E-state index is 5.70. The van der Waals surface area contributed by atoms with Crippen molar-refractivity contribution in [3.63, 3.8) is 0 Å². The summed E-state index contributed by atoms with van der Waals surface area (Å²) in [7, 11) is 1.72. The molecule has 0 heterocycles. The highest BCUT2D eigenvalue weighted by atomic mass is 16.7. The first-order valence-corrected chi connectivity index (χ1v) is 4.93. The fourth-order valence-corrected chi connectivity index (χ4v) is 1.20.